The molecule has 0 amide bonds. The van der Waals surface area contributed by atoms with Crippen molar-refractivity contribution >= 4 is 13.7 Å². The topological polar surface area (TPSA) is 41.5 Å². The molecule has 0 spiro atoms. The minimum atomic E-state index is 0.123. The van der Waals surface area contributed by atoms with Gasteiger partial charge in [0, 0.05) is 0 Å². The highest BCUT2D eigenvalue weighted by Gasteiger charge is 2.17. The summed E-state index contributed by atoms with van der Waals surface area (Å²) in [4.78, 5) is 0. The highest BCUT2D eigenvalue weighted by molar-refractivity contribution is 7.41. The lowest BCUT2D eigenvalue weighted by atomic mass is 10.0. The van der Waals surface area contributed by atoms with E-state index in [1.54, 1.807) is 14.2 Å². The van der Waals surface area contributed by atoms with Gasteiger partial charge in [-0.3, -0.25) is 0 Å². The number of hydrogen-bond acceptors (Lipinski definition) is 3. The number of benzene rings is 1. The molecule has 1 aromatic rings. The van der Waals surface area contributed by atoms with Crippen molar-refractivity contribution in [1.29, 1.82) is 0 Å². The van der Waals surface area contributed by atoms with Gasteiger partial charge in [-0.2, -0.15) is 0 Å². The van der Waals surface area contributed by atoms with Crippen molar-refractivity contribution in [3.8, 4) is 11.5 Å². The predicted molar refractivity (Wildman–Crippen MR) is 82.3 cm³/mol. The normalized spacial score (nSPS) is 16.6. The van der Waals surface area contributed by atoms with Gasteiger partial charge in [0.2, 0.25) is 0 Å². The molecule has 0 radical (unpaired) electrons. The molecule has 0 aliphatic heterocycles. The molecule has 1 aliphatic carbocycles. The molecule has 0 aromatic heterocycles. The largest absolute Gasteiger partial charge is 0.823 e. The minimum Gasteiger partial charge on any atom is -0.823 e. The Bertz CT molecular complexity index is 489. The van der Waals surface area contributed by atoms with E-state index in [1.165, 1.54) is 12.8 Å². The van der Waals surface area contributed by atoms with Crippen molar-refractivity contribution in [3.63, 3.8) is 0 Å². The summed E-state index contributed by atoms with van der Waals surface area (Å²) in [5.41, 5.74) is 3.20. The first-order valence-electron chi connectivity index (χ1n) is 7.05. The Hall–Kier alpha value is -1.05. The number of aryl methyl sites for hydroxylation is 2. The maximum Gasteiger partial charge on any atom is 0.132 e. The van der Waals surface area contributed by atoms with Crippen LogP contribution in [0.4, 0.5) is 0 Å². The second kappa shape index (κ2) is 6.60. The SMILES string of the molecule is COc1c(C)cc(C)c(OC)c1C([O-])=PC1CCCC1. The molecule has 1 fully saturated rings. The maximum atomic E-state index is 12.7. The molecular weight excluding hydrogens is 271 g/mol. The molecule has 110 valence electrons. The molecule has 0 N–H and O–H groups in total. The van der Waals surface area contributed by atoms with E-state index in [4.69, 9.17) is 9.47 Å². The lowest BCUT2D eigenvalue weighted by Crippen LogP contribution is -2.20. The second-order valence-corrected chi connectivity index (χ2v) is 6.72. The lowest BCUT2D eigenvalue weighted by molar-refractivity contribution is -0.207. The van der Waals surface area contributed by atoms with Crippen LogP contribution in [0, 0.1) is 13.8 Å². The van der Waals surface area contributed by atoms with Gasteiger partial charge in [-0.1, -0.05) is 12.8 Å². The summed E-state index contributed by atoms with van der Waals surface area (Å²) in [7, 11) is 4.11. The van der Waals surface area contributed by atoms with Gasteiger partial charge in [0.15, 0.2) is 0 Å². The van der Waals surface area contributed by atoms with Gasteiger partial charge in [0.05, 0.1) is 19.8 Å². The van der Waals surface area contributed by atoms with Crippen LogP contribution in [0.1, 0.15) is 42.4 Å². The average molecular weight is 293 g/mol. The van der Waals surface area contributed by atoms with E-state index in [1.807, 2.05) is 19.9 Å². The van der Waals surface area contributed by atoms with Gasteiger partial charge in [0.1, 0.15) is 11.5 Å². The summed E-state index contributed by atoms with van der Waals surface area (Å²) in [5, 5.41) is 12.7. The zero-order valence-corrected chi connectivity index (χ0v) is 13.5. The summed E-state index contributed by atoms with van der Waals surface area (Å²) >= 11 is 0. The number of rotatable bonds is 4. The fourth-order valence-corrected chi connectivity index (χ4v) is 4.22. The molecular formula is C16H22O3P-. The molecule has 0 saturated heterocycles. The Labute approximate surface area is 122 Å². The van der Waals surface area contributed by atoms with Crippen LogP contribution in [0.3, 0.4) is 0 Å². The molecule has 4 heteroatoms. The van der Waals surface area contributed by atoms with E-state index in [0.717, 1.165) is 32.2 Å². The number of methoxy groups -OCH3 is 2. The van der Waals surface area contributed by atoms with Crippen molar-refractivity contribution in [2.45, 2.75) is 45.2 Å². The Morgan fingerprint density at radius 1 is 1.10 bits per heavy atom. The highest BCUT2D eigenvalue weighted by atomic mass is 31.1. The van der Waals surface area contributed by atoms with E-state index in [0.29, 0.717) is 22.7 Å². The van der Waals surface area contributed by atoms with Crippen LogP contribution in [0.5, 0.6) is 11.5 Å². The van der Waals surface area contributed by atoms with E-state index in [-0.39, 0.29) is 5.48 Å². The lowest BCUT2D eigenvalue weighted by Gasteiger charge is -2.23. The fourth-order valence-electron chi connectivity index (χ4n) is 2.94. The van der Waals surface area contributed by atoms with Crippen molar-refractivity contribution < 1.29 is 14.6 Å². The number of ether oxygens (including phenoxy) is 2. The van der Waals surface area contributed by atoms with Crippen LogP contribution in [0.25, 0.3) is 0 Å². The summed E-state index contributed by atoms with van der Waals surface area (Å²) in [5.74, 6) is 1.31. The second-order valence-electron chi connectivity index (χ2n) is 5.32. The highest BCUT2D eigenvalue weighted by Crippen LogP contribution is 2.38. The van der Waals surface area contributed by atoms with Crippen LogP contribution in [-0.4, -0.2) is 25.4 Å². The Morgan fingerprint density at radius 2 is 1.60 bits per heavy atom. The molecule has 1 aliphatic rings. The van der Waals surface area contributed by atoms with Gasteiger partial charge >= 0.3 is 0 Å². The molecule has 0 heterocycles. The summed E-state index contributed by atoms with van der Waals surface area (Å²) in [6.07, 6.45) is 4.80. The third-order valence-electron chi connectivity index (χ3n) is 3.85. The standard InChI is InChI=1S/C16H23O3P/c1-10-9-11(2)15(19-4)13(14(10)18-3)16(17)20-12-7-5-6-8-12/h9,12,17H,5-8H2,1-4H3/p-1. The molecule has 0 unspecified atom stereocenters. The minimum absolute atomic E-state index is 0.123. The van der Waals surface area contributed by atoms with E-state index >= 15 is 0 Å². The van der Waals surface area contributed by atoms with Gasteiger partial charge in [-0.15, -0.1) is 13.7 Å². The molecule has 1 aromatic carbocycles. The van der Waals surface area contributed by atoms with E-state index < -0.39 is 0 Å². The monoisotopic (exact) mass is 293 g/mol. The third kappa shape index (κ3) is 2.99. The van der Waals surface area contributed by atoms with Crippen molar-refractivity contribution in [2.24, 2.45) is 0 Å². The quantitative estimate of drug-likeness (QED) is 0.801. The van der Waals surface area contributed by atoms with Crippen molar-refractivity contribution in [3.05, 3.63) is 22.8 Å². The van der Waals surface area contributed by atoms with E-state index in [2.05, 4.69) is 0 Å². The van der Waals surface area contributed by atoms with Gasteiger partial charge in [-0.05, 0) is 49.5 Å². The van der Waals surface area contributed by atoms with Crippen LogP contribution >= 0.6 is 8.20 Å². The molecule has 0 bridgehead atoms. The molecule has 20 heavy (non-hydrogen) atoms. The smallest absolute Gasteiger partial charge is 0.132 e. The van der Waals surface area contributed by atoms with Gasteiger partial charge in [-0.25, -0.2) is 0 Å². The zero-order chi connectivity index (χ0) is 14.7. The van der Waals surface area contributed by atoms with Crippen LogP contribution in [0.15, 0.2) is 6.07 Å². The first kappa shape index (κ1) is 15.3. The summed E-state index contributed by atoms with van der Waals surface area (Å²) in [6.45, 7) is 3.93. The summed E-state index contributed by atoms with van der Waals surface area (Å²) in [6, 6.07) is 2.00. The zero-order valence-electron chi connectivity index (χ0n) is 12.7. The first-order chi connectivity index (χ1) is 9.58. The summed E-state index contributed by atoms with van der Waals surface area (Å²) < 4.78 is 10.9. The number of hydrogen-bond donors (Lipinski definition) is 0. The Balaban J connectivity index is 2.52. The van der Waals surface area contributed by atoms with Gasteiger partial charge < -0.3 is 14.6 Å². The fraction of sp³-hybridized carbons (Fsp3) is 0.562. The Morgan fingerprint density at radius 3 is 2.05 bits per heavy atom. The molecule has 1 saturated carbocycles. The van der Waals surface area contributed by atoms with Crippen LogP contribution < -0.4 is 14.6 Å². The van der Waals surface area contributed by atoms with Crippen LogP contribution in [0.2, 0.25) is 0 Å². The van der Waals surface area contributed by atoms with Crippen molar-refractivity contribution in [1.82, 2.24) is 0 Å². The first-order valence-corrected chi connectivity index (χ1v) is 8.02. The predicted octanol–water partition coefficient (Wildman–Crippen LogP) is 3.05. The van der Waals surface area contributed by atoms with Gasteiger partial charge in [0.25, 0.3) is 0 Å². The average Bonchev–Trinajstić information content (AvgIpc) is 2.90. The Kier molecular flexibility index (Phi) is 5.06. The van der Waals surface area contributed by atoms with Crippen molar-refractivity contribution in [2.75, 3.05) is 14.2 Å². The maximum absolute atomic E-state index is 12.7. The molecule has 2 rings (SSSR count). The third-order valence-corrected chi connectivity index (χ3v) is 5.19. The van der Waals surface area contributed by atoms with E-state index in [9.17, 15) is 5.11 Å². The molecule has 3 nitrogen and oxygen atoms in total. The molecule has 0 atom stereocenters. The van der Waals surface area contributed by atoms with Crippen LogP contribution in [-0.2, 0) is 0 Å².